The van der Waals surface area contributed by atoms with E-state index in [9.17, 15) is 19.7 Å². The molecular weight excluding hydrogens is 460 g/mol. The molecule has 0 spiro atoms. The first-order valence-corrected chi connectivity index (χ1v) is 11.1. The number of nitrogens with zero attached hydrogens (tertiary/aromatic N) is 2. The molecule has 0 bridgehead atoms. The molecule has 0 unspecified atom stereocenters. The van der Waals surface area contributed by atoms with Crippen molar-refractivity contribution >= 4 is 23.7 Å². The van der Waals surface area contributed by atoms with E-state index in [0.29, 0.717) is 17.1 Å². The summed E-state index contributed by atoms with van der Waals surface area (Å²) in [5.74, 6) is -0.608. The second-order valence-electron chi connectivity index (χ2n) is 7.77. The van der Waals surface area contributed by atoms with Gasteiger partial charge in [0.05, 0.1) is 23.6 Å². The summed E-state index contributed by atoms with van der Waals surface area (Å²) in [5, 5.41) is 17.5. The van der Waals surface area contributed by atoms with Crippen LogP contribution in [-0.4, -0.2) is 29.5 Å². The fourth-order valence-electron chi connectivity index (χ4n) is 3.61. The number of nitrogens with one attached hydrogen (secondary N) is 2. The molecule has 180 valence electrons. The molecule has 3 aromatic carbocycles. The summed E-state index contributed by atoms with van der Waals surface area (Å²) in [5.41, 5.74) is 4.48. The molecular formula is C27H22N4O5. The first-order valence-electron chi connectivity index (χ1n) is 11.1. The number of hydrazone groups is 1. The molecule has 0 saturated carbocycles. The first kappa shape index (κ1) is 24.1. The number of furan rings is 1. The Morgan fingerprint density at radius 1 is 0.917 bits per heavy atom. The van der Waals surface area contributed by atoms with E-state index in [2.05, 4.69) is 15.8 Å². The third kappa shape index (κ3) is 6.09. The molecule has 0 radical (unpaired) electrons. The number of carbonyl (C=O) groups excluding carboxylic acids is 2. The number of benzene rings is 3. The Morgan fingerprint density at radius 2 is 1.58 bits per heavy atom. The van der Waals surface area contributed by atoms with Crippen molar-refractivity contribution in [3.63, 3.8) is 0 Å². The number of carbonyl (C=O) groups is 2. The van der Waals surface area contributed by atoms with Crippen molar-refractivity contribution in [3.8, 4) is 11.3 Å². The second kappa shape index (κ2) is 11.4. The van der Waals surface area contributed by atoms with Gasteiger partial charge in [-0.1, -0.05) is 72.8 Å². The van der Waals surface area contributed by atoms with E-state index in [-0.39, 0.29) is 18.1 Å². The van der Waals surface area contributed by atoms with Crippen LogP contribution in [0.3, 0.4) is 0 Å². The van der Waals surface area contributed by atoms with Gasteiger partial charge in [0.1, 0.15) is 11.5 Å². The number of rotatable bonds is 9. The van der Waals surface area contributed by atoms with Crippen LogP contribution in [0.1, 0.15) is 22.8 Å². The Hall–Kier alpha value is -5.05. The molecule has 0 fully saturated rings. The Labute approximate surface area is 206 Å². The van der Waals surface area contributed by atoms with Crippen LogP contribution in [-0.2, 0) is 9.59 Å². The number of hydrogen-bond acceptors (Lipinski definition) is 6. The summed E-state index contributed by atoms with van der Waals surface area (Å²) in [6.07, 6.45) is 1.30. The number of nitro benzene ring substituents is 1. The minimum atomic E-state index is -0.556. The maximum absolute atomic E-state index is 13.0. The van der Waals surface area contributed by atoms with Crippen LogP contribution in [0.25, 0.3) is 11.3 Å². The lowest BCUT2D eigenvalue weighted by Gasteiger charge is -2.17. The molecule has 4 aromatic rings. The van der Waals surface area contributed by atoms with Crippen LogP contribution in [0.5, 0.6) is 0 Å². The minimum absolute atomic E-state index is 0.0461. The maximum Gasteiger partial charge on any atom is 0.270 e. The number of non-ortho nitro benzene ring substituents is 1. The summed E-state index contributed by atoms with van der Waals surface area (Å²) in [4.78, 5) is 35.7. The topological polar surface area (TPSA) is 127 Å². The Kier molecular flexibility index (Phi) is 7.62. The van der Waals surface area contributed by atoms with Crippen LogP contribution in [0.4, 0.5) is 5.69 Å². The third-order valence-electron chi connectivity index (χ3n) is 5.30. The van der Waals surface area contributed by atoms with E-state index in [4.69, 9.17) is 4.42 Å². The molecule has 0 aliphatic heterocycles. The van der Waals surface area contributed by atoms with Gasteiger partial charge in [-0.05, 0) is 23.3 Å². The van der Waals surface area contributed by atoms with Crippen LogP contribution >= 0.6 is 0 Å². The van der Waals surface area contributed by atoms with Gasteiger partial charge in [-0.15, -0.1) is 0 Å². The Morgan fingerprint density at radius 3 is 2.22 bits per heavy atom. The van der Waals surface area contributed by atoms with Crippen molar-refractivity contribution in [2.24, 2.45) is 5.10 Å². The summed E-state index contributed by atoms with van der Waals surface area (Å²) in [6, 6.07) is 28.0. The zero-order valence-corrected chi connectivity index (χ0v) is 19.0. The quantitative estimate of drug-likeness (QED) is 0.209. The number of hydrogen-bond donors (Lipinski definition) is 2. The molecule has 9 nitrogen and oxygen atoms in total. The average Bonchev–Trinajstić information content (AvgIpc) is 3.38. The van der Waals surface area contributed by atoms with Gasteiger partial charge in [-0.2, -0.15) is 5.10 Å². The standard InChI is InChI=1S/C27H22N4O5/c32-25(18-28-27(33)26(19-8-3-1-4-9-19)20-10-5-2-6-11-20)30-29-17-23-14-15-24(36-23)21-12-7-13-22(16-21)31(34)35/h1-17,26H,18H2,(H,28,33)(H,30,32)/b29-17+. The SMILES string of the molecule is O=C(CNC(=O)C(c1ccccc1)c1ccccc1)N/N=C/c1ccc(-c2cccc([N+](=O)[O-])c2)o1. The van der Waals surface area contributed by atoms with E-state index in [1.54, 1.807) is 24.3 Å². The zero-order chi connectivity index (χ0) is 25.3. The predicted molar refractivity (Wildman–Crippen MR) is 134 cm³/mol. The van der Waals surface area contributed by atoms with Crippen molar-refractivity contribution in [2.45, 2.75) is 5.92 Å². The average molecular weight is 482 g/mol. The Balaban J connectivity index is 1.34. The molecule has 0 saturated heterocycles. The molecule has 1 aromatic heterocycles. The number of amides is 2. The van der Waals surface area contributed by atoms with Crippen LogP contribution in [0, 0.1) is 10.1 Å². The van der Waals surface area contributed by atoms with Gasteiger partial charge < -0.3 is 9.73 Å². The maximum atomic E-state index is 13.0. The van der Waals surface area contributed by atoms with Gasteiger partial charge in [0.25, 0.3) is 11.6 Å². The third-order valence-corrected chi connectivity index (χ3v) is 5.30. The monoisotopic (exact) mass is 482 g/mol. The summed E-state index contributed by atoms with van der Waals surface area (Å²) < 4.78 is 5.62. The fourth-order valence-corrected chi connectivity index (χ4v) is 3.61. The lowest BCUT2D eigenvalue weighted by molar-refractivity contribution is -0.384. The molecule has 2 amide bonds. The molecule has 0 atom stereocenters. The molecule has 36 heavy (non-hydrogen) atoms. The highest BCUT2D eigenvalue weighted by atomic mass is 16.6. The molecule has 9 heteroatoms. The Bertz CT molecular complexity index is 1340. The van der Waals surface area contributed by atoms with E-state index in [0.717, 1.165) is 11.1 Å². The lowest BCUT2D eigenvalue weighted by atomic mass is 9.90. The minimum Gasteiger partial charge on any atom is -0.455 e. The van der Waals surface area contributed by atoms with Gasteiger partial charge in [0.2, 0.25) is 5.91 Å². The summed E-state index contributed by atoms with van der Waals surface area (Å²) >= 11 is 0. The molecule has 0 aliphatic rings. The van der Waals surface area contributed by atoms with Crippen LogP contribution in [0.2, 0.25) is 0 Å². The van der Waals surface area contributed by atoms with Gasteiger partial charge in [-0.3, -0.25) is 19.7 Å². The van der Waals surface area contributed by atoms with Crippen molar-refractivity contribution < 1.29 is 18.9 Å². The van der Waals surface area contributed by atoms with E-state index in [1.807, 2.05) is 60.7 Å². The van der Waals surface area contributed by atoms with Gasteiger partial charge in [0.15, 0.2) is 0 Å². The molecule has 1 heterocycles. The van der Waals surface area contributed by atoms with Gasteiger partial charge in [-0.25, -0.2) is 5.43 Å². The molecule has 4 rings (SSSR count). The van der Waals surface area contributed by atoms with Crippen LogP contribution in [0.15, 0.2) is 107 Å². The van der Waals surface area contributed by atoms with E-state index >= 15 is 0 Å². The van der Waals surface area contributed by atoms with Crippen molar-refractivity contribution in [2.75, 3.05) is 6.54 Å². The van der Waals surface area contributed by atoms with Crippen LogP contribution < -0.4 is 10.7 Å². The van der Waals surface area contributed by atoms with Crippen molar-refractivity contribution in [1.29, 1.82) is 0 Å². The molecule has 2 N–H and O–H groups in total. The van der Waals surface area contributed by atoms with E-state index < -0.39 is 16.7 Å². The van der Waals surface area contributed by atoms with E-state index in [1.165, 1.54) is 18.3 Å². The van der Waals surface area contributed by atoms with Crippen molar-refractivity contribution in [3.05, 3.63) is 124 Å². The smallest absolute Gasteiger partial charge is 0.270 e. The fraction of sp³-hybridized carbons (Fsp3) is 0.0741. The summed E-state index contributed by atoms with van der Waals surface area (Å²) in [7, 11) is 0. The van der Waals surface area contributed by atoms with Crippen molar-refractivity contribution in [1.82, 2.24) is 10.7 Å². The highest BCUT2D eigenvalue weighted by Crippen LogP contribution is 2.26. The summed E-state index contributed by atoms with van der Waals surface area (Å²) in [6.45, 7) is -0.260. The number of nitro groups is 1. The first-order chi connectivity index (χ1) is 17.5. The lowest BCUT2D eigenvalue weighted by Crippen LogP contribution is -2.37. The highest BCUT2D eigenvalue weighted by Gasteiger charge is 2.22. The predicted octanol–water partition coefficient (Wildman–Crippen LogP) is 4.25. The molecule has 0 aliphatic carbocycles. The van der Waals surface area contributed by atoms with Gasteiger partial charge >= 0.3 is 0 Å². The largest absolute Gasteiger partial charge is 0.455 e. The normalized spacial score (nSPS) is 10.9. The highest BCUT2D eigenvalue weighted by molar-refractivity contribution is 5.91. The second-order valence-corrected chi connectivity index (χ2v) is 7.77. The van der Waals surface area contributed by atoms with Gasteiger partial charge in [0, 0.05) is 17.7 Å². The zero-order valence-electron chi connectivity index (χ0n) is 19.0.